The van der Waals surface area contributed by atoms with Gasteiger partial charge in [0.05, 0.1) is 12.1 Å². The van der Waals surface area contributed by atoms with Gasteiger partial charge in [-0.05, 0) is 29.7 Å². The predicted molar refractivity (Wildman–Crippen MR) is 84.0 cm³/mol. The number of carbonyl (C=O) groups is 1. The Labute approximate surface area is 131 Å². The molecule has 0 aliphatic carbocycles. The van der Waals surface area contributed by atoms with E-state index in [0.717, 1.165) is 29.2 Å². The van der Waals surface area contributed by atoms with Crippen LogP contribution in [0.5, 0.6) is 5.75 Å². The molecule has 5 nitrogen and oxygen atoms in total. The molecule has 0 saturated heterocycles. The number of phenolic OH excluding ortho intramolecular Hbond substituents is 1. The fourth-order valence-corrected chi connectivity index (χ4v) is 3.60. The second kappa shape index (κ2) is 5.14. The van der Waals surface area contributed by atoms with Gasteiger partial charge in [-0.15, -0.1) is 11.3 Å². The van der Waals surface area contributed by atoms with Crippen molar-refractivity contribution in [2.75, 3.05) is 6.54 Å². The van der Waals surface area contributed by atoms with Gasteiger partial charge in [0, 0.05) is 30.9 Å². The number of aromatic hydroxyl groups is 1. The topological polar surface area (TPSA) is 57.8 Å². The first-order valence-corrected chi connectivity index (χ1v) is 8.06. The summed E-state index contributed by atoms with van der Waals surface area (Å²) < 4.78 is 1.94. The van der Waals surface area contributed by atoms with Crippen molar-refractivity contribution < 1.29 is 9.90 Å². The zero-order valence-corrected chi connectivity index (χ0v) is 12.7. The molecule has 1 aliphatic rings. The van der Waals surface area contributed by atoms with Crippen LogP contribution in [0.2, 0.25) is 0 Å². The average molecular weight is 313 g/mol. The number of aromatic nitrogens is 2. The van der Waals surface area contributed by atoms with Crippen molar-refractivity contribution in [2.24, 2.45) is 0 Å². The maximum atomic E-state index is 12.5. The molecule has 0 atom stereocenters. The van der Waals surface area contributed by atoms with Crippen LogP contribution in [0.4, 0.5) is 0 Å². The SMILES string of the molecule is O=C(Cc1cn2ccsc2n1)N1CCc2ccc(O)cc2C1. The lowest BCUT2D eigenvalue weighted by Crippen LogP contribution is -2.36. The third kappa shape index (κ3) is 2.35. The van der Waals surface area contributed by atoms with Gasteiger partial charge in [-0.1, -0.05) is 6.07 Å². The van der Waals surface area contributed by atoms with Crippen LogP contribution in [0.25, 0.3) is 4.96 Å². The van der Waals surface area contributed by atoms with Crippen LogP contribution in [0.1, 0.15) is 16.8 Å². The summed E-state index contributed by atoms with van der Waals surface area (Å²) in [5.41, 5.74) is 3.05. The van der Waals surface area contributed by atoms with Crippen LogP contribution >= 0.6 is 11.3 Å². The molecule has 0 bridgehead atoms. The standard InChI is InChI=1S/C16H15N3O2S/c20-14-2-1-11-3-4-18(9-12(11)7-14)15(21)8-13-10-19-5-6-22-16(19)17-13/h1-2,5-7,10,20H,3-4,8-9H2. The number of thiazole rings is 1. The molecule has 0 radical (unpaired) electrons. The Hall–Kier alpha value is -2.34. The number of phenols is 1. The van der Waals surface area contributed by atoms with Crippen LogP contribution in [-0.2, 0) is 24.2 Å². The van der Waals surface area contributed by atoms with E-state index in [0.29, 0.717) is 13.0 Å². The molecule has 1 amide bonds. The van der Waals surface area contributed by atoms with E-state index < -0.39 is 0 Å². The Morgan fingerprint density at radius 3 is 3.14 bits per heavy atom. The van der Waals surface area contributed by atoms with Crippen molar-refractivity contribution in [3.05, 3.63) is 52.8 Å². The number of benzene rings is 1. The first-order valence-electron chi connectivity index (χ1n) is 7.19. The lowest BCUT2D eigenvalue weighted by molar-refractivity contribution is -0.131. The van der Waals surface area contributed by atoms with Gasteiger partial charge in [0.15, 0.2) is 4.96 Å². The lowest BCUT2D eigenvalue weighted by Gasteiger charge is -2.28. The Bertz CT molecular complexity index is 824. The Kier molecular flexibility index (Phi) is 3.11. The minimum Gasteiger partial charge on any atom is -0.508 e. The number of nitrogens with zero attached hydrogens (tertiary/aromatic N) is 3. The predicted octanol–water partition coefficient (Wildman–Crippen LogP) is 2.23. The van der Waals surface area contributed by atoms with Gasteiger partial charge in [-0.3, -0.25) is 9.20 Å². The smallest absolute Gasteiger partial charge is 0.228 e. The van der Waals surface area contributed by atoms with Crippen molar-refractivity contribution in [3.8, 4) is 5.75 Å². The Morgan fingerprint density at radius 2 is 2.27 bits per heavy atom. The minimum atomic E-state index is 0.0831. The molecular formula is C16H15N3O2S. The summed E-state index contributed by atoms with van der Waals surface area (Å²) in [6.45, 7) is 1.28. The molecular weight excluding hydrogens is 298 g/mol. The minimum absolute atomic E-state index is 0.0831. The van der Waals surface area contributed by atoms with Crippen molar-refractivity contribution in [1.82, 2.24) is 14.3 Å². The molecule has 0 fully saturated rings. The molecule has 6 heteroatoms. The third-order valence-corrected chi connectivity index (χ3v) is 4.80. The number of hydrogen-bond acceptors (Lipinski definition) is 4. The molecule has 0 spiro atoms. The van der Waals surface area contributed by atoms with Gasteiger partial charge < -0.3 is 10.0 Å². The van der Waals surface area contributed by atoms with Crippen LogP contribution in [0.15, 0.2) is 36.0 Å². The normalized spacial score (nSPS) is 14.3. The zero-order valence-electron chi connectivity index (χ0n) is 11.9. The zero-order chi connectivity index (χ0) is 15.1. The maximum Gasteiger partial charge on any atom is 0.228 e. The molecule has 1 aromatic carbocycles. The van der Waals surface area contributed by atoms with E-state index >= 15 is 0 Å². The van der Waals surface area contributed by atoms with Crippen molar-refractivity contribution in [2.45, 2.75) is 19.4 Å². The monoisotopic (exact) mass is 313 g/mol. The highest BCUT2D eigenvalue weighted by Crippen LogP contribution is 2.23. The summed E-state index contributed by atoms with van der Waals surface area (Å²) in [4.78, 5) is 19.7. The number of carbonyl (C=O) groups excluding carboxylic acids is 1. The van der Waals surface area contributed by atoms with E-state index in [-0.39, 0.29) is 11.7 Å². The van der Waals surface area contributed by atoms with Crippen molar-refractivity contribution in [1.29, 1.82) is 0 Å². The largest absolute Gasteiger partial charge is 0.508 e. The van der Waals surface area contributed by atoms with E-state index in [1.54, 1.807) is 23.5 Å². The van der Waals surface area contributed by atoms with Gasteiger partial charge in [0.25, 0.3) is 0 Å². The van der Waals surface area contributed by atoms with E-state index in [2.05, 4.69) is 4.98 Å². The number of amides is 1. The molecule has 112 valence electrons. The van der Waals surface area contributed by atoms with Crippen LogP contribution in [0, 0.1) is 0 Å². The molecule has 22 heavy (non-hydrogen) atoms. The van der Waals surface area contributed by atoms with Gasteiger partial charge in [0.1, 0.15) is 5.75 Å². The fourth-order valence-electron chi connectivity index (χ4n) is 2.88. The molecule has 1 aliphatic heterocycles. The van der Waals surface area contributed by atoms with Gasteiger partial charge in [0.2, 0.25) is 5.91 Å². The van der Waals surface area contributed by atoms with Crippen molar-refractivity contribution >= 4 is 22.2 Å². The number of fused-ring (bicyclic) bond motifs is 2. The average Bonchev–Trinajstić information content (AvgIpc) is 3.07. The second-order valence-corrected chi connectivity index (χ2v) is 6.39. The highest BCUT2D eigenvalue weighted by atomic mass is 32.1. The third-order valence-electron chi connectivity index (χ3n) is 4.03. The van der Waals surface area contributed by atoms with E-state index in [1.165, 1.54) is 5.56 Å². The summed E-state index contributed by atoms with van der Waals surface area (Å²) in [6.07, 6.45) is 5.01. The van der Waals surface area contributed by atoms with E-state index in [1.807, 2.05) is 33.1 Å². The number of rotatable bonds is 2. The Balaban J connectivity index is 1.50. The molecule has 2 aromatic heterocycles. The van der Waals surface area contributed by atoms with Gasteiger partial charge >= 0.3 is 0 Å². The van der Waals surface area contributed by atoms with Crippen LogP contribution in [0.3, 0.4) is 0 Å². The van der Waals surface area contributed by atoms with E-state index in [9.17, 15) is 9.90 Å². The van der Waals surface area contributed by atoms with Crippen molar-refractivity contribution in [3.63, 3.8) is 0 Å². The molecule has 0 unspecified atom stereocenters. The summed E-state index contributed by atoms with van der Waals surface area (Å²) in [6, 6.07) is 5.39. The summed E-state index contributed by atoms with van der Waals surface area (Å²) in [5, 5.41) is 11.6. The molecule has 4 rings (SSSR count). The van der Waals surface area contributed by atoms with E-state index in [4.69, 9.17) is 0 Å². The molecule has 1 N–H and O–H groups in total. The highest BCUT2D eigenvalue weighted by Gasteiger charge is 2.21. The van der Waals surface area contributed by atoms with Crippen LogP contribution < -0.4 is 0 Å². The highest BCUT2D eigenvalue weighted by molar-refractivity contribution is 7.15. The van der Waals surface area contributed by atoms with Crippen LogP contribution in [-0.4, -0.2) is 31.8 Å². The van der Waals surface area contributed by atoms with Gasteiger partial charge in [-0.2, -0.15) is 0 Å². The fraction of sp³-hybridized carbons (Fsp3) is 0.250. The number of hydrogen-bond donors (Lipinski definition) is 1. The number of imidazole rings is 1. The first-order chi connectivity index (χ1) is 10.7. The maximum absolute atomic E-state index is 12.5. The summed E-state index contributed by atoms with van der Waals surface area (Å²) >= 11 is 1.56. The summed E-state index contributed by atoms with van der Waals surface area (Å²) in [7, 11) is 0. The Morgan fingerprint density at radius 1 is 1.36 bits per heavy atom. The molecule has 0 saturated carbocycles. The first kappa shape index (κ1) is 13.3. The second-order valence-electron chi connectivity index (χ2n) is 5.52. The summed E-state index contributed by atoms with van der Waals surface area (Å²) in [5.74, 6) is 0.335. The quantitative estimate of drug-likeness (QED) is 0.789. The lowest BCUT2D eigenvalue weighted by atomic mass is 9.99. The molecule has 3 heterocycles. The van der Waals surface area contributed by atoms with Gasteiger partial charge in [-0.25, -0.2) is 4.98 Å². The molecule has 3 aromatic rings.